The van der Waals surface area contributed by atoms with Crippen molar-refractivity contribution in [3.8, 4) is 5.75 Å². The molecule has 34 heavy (non-hydrogen) atoms. The summed E-state index contributed by atoms with van der Waals surface area (Å²) in [5, 5.41) is 3.18. The zero-order valence-electron chi connectivity index (χ0n) is 20.8. The number of nitrogens with two attached hydrogens (primary N) is 1. The molecule has 2 aromatic rings. The van der Waals surface area contributed by atoms with Crippen molar-refractivity contribution in [3.63, 3.8) is 0 Å². The van der Waals surface area contributed by atoms with Gasteiger partial charge in [0.05, 0.1) is 18.7 Å². The molecule has 0 spiro atoms. The second-order valence-electron chi connectivity index (χ2n) is 9.36. The lowest BCUT2D eigenvalue weighted by Crippen LogP contribution is -2.67. The highest BCUT2D eigenvalue weighted by Crippen LogP contribution is 2.34. The van der Waals surface area contributed by atoms with E-state index in [1.54, 1.807) is 13.3 Å². The number of amides is 1. The van der Waals surface area contributed by atoms with Crippen LogP contribution < -0.4 is 25.7 Å². The number of hydrogen-bond donors (Lipinski definition) is 3. The average molecular weight is 463 g/mol. The minimum absolute atomic E-state index is 0.0770. The summed E-state index contributed by atoms with van der Waals surface area (Å²) in [5.41, 5.74) is 11.3. The fourth-order valence-electron chi connectivity index (χ4n) is 4.96. The van der Waals surface area contributed by atoms with Crippen molar-refractivity contribution in [2.24, 2.45) is 5.73 Å². The van der Waals surface area contributed by atoms with E-state index in [0.29, 0.717) is 23.4 Å². The topological polar surface area (TPSA) is 84.8 Å². The molecule has 3 aliphatic rings. The van der Waals surface area contributed by atoms with E-state index in [1.165, 1.54) is 6.42 Å². The second kappa shape index (κ2) is 9.89. The lowest BCUT2D eigenvalue weighted by atomic mass is 9.88. The molecular formula is C27H36N5O2+. The molecule has 3 saturated heterocycles. The van der Waals surface area contributed by atoms with E-state index in [-0.39, 0.29) is 11.9 Å². The molecule has 7 heteroatoms. The van der Waals surface area contributed by atoms with Crippen molar-refractivity contribution in [3.05, 3.63) is 64.9 Å². The Balaban J connectivity index is 1.54. The van der Waals surface area contributed by atoms with Gasteiger partial charge in [-0.05, 0) is 74.3 Å². The molecule has 5 rings (SSSR count). The van der Waals surface area contributed by atoms with Crippen molar-refractivity contribution in [2.75, 3.05) is 39.2 Å². The van der Waals surface area contributed by atoms with Crippen LogP contribution in [-0.2, 0) is 0 Å². The first-order valence-electron chi connectivity index (χ1n) is 11.8. The number of fused-ring (bicyclic) bond motifs is 2. The van der Waals surface area contributed by atoms with E-state index in [9.17, 15) is 4.79 Å². The summed E-state index contributed by atoms with van der Waals surface area (Å²) in [6, 6.07) is 13.1. The summed E-state index contributed by atoms with van der Waals surface area (Å²) in [5.74, 6) is 0.635. The van der Waals surface area contributed by atoms with Crippen LogP contribution in [0, 0.1) is 6.92 Å². The number of methoxy groups -OCH3 is 1. The smallest absolute Gasteiger partial charge is 0.252 e. The van der Waals surface area contributed by atoms with Gasteiger partial charge in [-0.1, -0.05) is 6.07 Å². The number of likely N-dealkylation sites (N-methyl/N-ethyl adjacent to an activating group) is 1. The molecule has 4 N–H and O–H groups in total. The van der Waals surface area contributed by atoms with E-state index in [0.717, 1.165) is 41.0 Å². The summed E-state index contributed by atoms with van der Waals surface area (Å²) in [6.45, 7) is 6.00. The molecule has 2 aromatic carbocycles. The lowest BCUT2D eigenvalue weighted by Gasteiger charge is -2.55. The number of benzene rings is 2. The Bertz CT molecular complexity index is 1110. The Morgan fingerprint density at radius 3 is 2.59 bits per heavy atom. The Morgan fingerprint density at radius 2 is 1.97 bits per heavy atom. The maximum Gasteiger partial charge on any atom is 0.252 e. The minimum atomic E-state index is -0.214. The Hall–Kier alpha value is -3.32. The van der Waals surface area contributed by atoms with E-state index in [1.807, 2.05) is 51.4 Å². The van der Waals surface area contributed by atoms with Gasteiger partial charge in [0.25, 0.3) is 5.91 Å². The number of carbonyl (C=O) groups is 1. The molecule has 180 valence electrons. The van der Waals surface area contributed by atoms with E-state index < -0.39 is 0 Å². The Labute approximate surface area is 202 Å². The van der Waals surface area contributed by atoms with Gasteiger partial charge in [0.2, 0.25) is 0 Å². The van der Waals surface area contributed by atoms with Gasteiger partial charge >= 0.3 is 0 Å². The quantitative estimate of drug-likeness (QED) is 0.543. The number of nitrogens with zero attached hydrogens (tertiary/aromatic N) is 2. The van der Waals surface area contributed by atoms with Crippen LogP contribution in [0.2, 0.25) is 0 Å². The summed E-state index contributed by atoms with van der Waals surface area (Å²) in [6.07, 6.45) is 4.66. The fourth-order valence-corrected chi connectivity index (χ4v) is 4.96. The third-order valence-corrected chi connectivity index (χ3v) is 7.21. The van der Waals surface area contributed by atoms with Gasteiger partial charge < -0.3 is 20.7 Å². The highest BCUT2D eigenvalue weighted by atomic mass is 16.5. The van der Waals surface area contributed by atoms with Crippen LogP contribution in [0.15, 0.2) is 42.6 Å². The van der Waals surface area contributed by atoms with Gasteiger partial charge in [0, 0.05) is 42.6 Å². The van der Waals surface area contributed by atoms with E-state index >= 15 is 0 Å². The van der Waals surface area contributed by atoms with Gasteiger partial charge in [-0.25, -0.2) is 0 Å². The van der Waals surface area contributed by atoms with Crippen molar-refractivity contribution < 1.29 is 14.5 Å². The number of hydrogen-bond acceptors (Lipinski definition) is 5. The number of allylic oxidation sites excluding steroid dienone is 1. The van der Waals surface area contributed by atoms with Crippen molar-refractivity contribution >= 4 is 23.4 Å². The molecule has 0 saturated carbocycles. The van der Waals surface area contributed by atoms with Crippen LogP contribution in [0.4, 0.5) is 5.69 Å². The van der Waals surface area contributed by atoms with Crippen LogP contribution in [0.1, 0.15) is 46.4 Å². The maximum absolute atomic E-state index is 13.3. The monoisotopic (exact) mass is 462 g/mol. The molecule has 3 fully saturated rings. The first-order chi connectivity index (χ1) is 16.3. The van der Waals surface area contributed by atoms with Crippen LogP contribution >= 0.6 is 0 Å². The first-order valence-corrected chi connectivity index (χ1v) is 11.8. The number of piperidine rings is 1. The molecule has 0 aromatic heterocycles. The number of aryl methyl sites for hydroxylation is 1. The first kappa shape index (κ1) is 23.8. The van der Waals surface area contributed by atoms with Crippen molar-refractivity contribution in [2.45, 2.75) is 38.4 Å². The van der Waals surface area contributed by atoms with Crippen molar-refractivity contribution in [1.82, 2.24) is 10.2 Å². The normalized spacial score (nSPS) is 21.3. The molecule has 3 heterocycles. The molecular weight excluding hydrogens is 426 g/mol. The molecule has 0 aliphatic carbocycles. The highest BCUT2D eigenvalue weighted by Gasteiger charge is 2.42. The fraction of sp³-hybridized carbons (Fsp3) is 0.407. The largest absolute Gasteiger partial charge is 0.497 e. The molecule has 0 radical (unpaired) electrons. The van der Waals surface area contributed by atoms with Gasteiger partial charge in [-0.2, -0.15) is 0 Å². The third-order valence-electron chi connectivity index (χ3n) is 7.21. The van der Waals surface area contributed by atoms with Gasteiger partial charge in [-0.15, -0.1) is 0 Å². The molecule has 3 aliphatic heterocycles. The number of rotatable bonds is 7. The number of ether oxygens (including phenoxy) is 1. The number of piperazine rings is 1. The summed E-state index contributed by atoms with van der Waals surface area (Å²) < 4.78 is 5.51. The predicted molar refractivity (Wildman–Crippen MR) is 137 cm³/mol. The summed E-state index contributed by atoms with van der Waals surface area (Å²) in [4.78, 5) is 21.2. The van der Waals surface area contributed by atoms with Gasteiger partial charge in [0.1, 0.15) is 12.8 Å². The molecule has 1 amide bonds. The molecule has 0 unspecified atom stereocenters. The standard InChI is InChI=1S/C27H35N5O2/c1-17-6-7-22(32-15-23-11-24(16-32)31(23)4)12-26(17)27(33)30-18(2)19-8-20(10-25(9-19)34-5)21(13-28)14-29-3/h6-10,12-14,18,23-24H,11,15-16,28H2,1-5H3,(H,30,33)/p+1/b21-13+,29-14?/t18-,23-,24+/m1/s1. The number of anilines is 1. The second-order valence-corrected chi connectivity index (χ2v) is 9.36. The predicted octanol–water partition coefficient (Wildman–Crippen LogP) is 1.47. The SMILES string of the molecule is C[NH+]=C/C(=C\N)c1cc(OC)cc([C@@H](C)NC(=O)c2cc(N3C[C@H]4C[C@@H](C3)N4C)ccc2C)c1. The third kappa shape index (κ3) is 4.66. The number of carbonyl (C=O) groups excluding carboxylic acids is 1. The number of nitrogens with one attached hydrogen (secondary N) is 2. The van der Waals surface area contributed by atoms with Gasteiger partial charge in [-0.3, -0.25) is 14.7 Å². The van der Waals surface area contributed by atoms with Gasteiger partial charge in [0.15, 0.2) is 6.21 Å². The lowest BCUT2D eigenvalue weighted by molar-refractivity contribution is -0.412. The zero-order chi connectivity index (χ0) is 24.4. The van der Waals surface area contributed by atoms with Crippen LogP contribution in [0.5, 0.6) is 5.75 Å². The van der Waals surface area contributed by atoms with Crippen LogP contribution in [0.25, 0.3) is 5.57 Å². The summed E-state index contributed by atoms with van der Waals surface area (Å²) in [7, 11) is 5.67. The molecule has 7 nitrogen and oxygen atoms in total. The minimum Gasteiger partial charge on any atom is -0.497 e. The molecule has 2 bridgehead atoms. The Morgan fingerprint density at radius 1 is 1.24 bits per heavy atom. The summed E-state index contributed by atoms with van der Waals surface area (Å²) >= 11 is 0. The van der Waals surface area contributed by atoms with Crippen LogP contribution in [-0.4, -0.2) is 63.4 Å². The average Bonchev–Trinajstić information content (AvgIpc) is 2.86. The van der Waals surface area contributed by atoms with Crippen molar-refractivity contribution in [1.29, 1.82) is 0 Å². The van der Waals surface area contributed by atoms with E-state index in [2.05, 4.69) is 39.3 Å². The van der Waals surface area contributed by atoms with E-state index in [4.69, 9.17) is 10.5 Å². The zero-order valence-corrected chi connectivity index (χ0v) is 20.8. The Kier molecular flexibility index (Phi) is 6.93. The van der Waals surface area contributed by atoms with Crippen LogP contribution in [0.3, 0.4) is 0 Å². The maximum atomic E-state index is 13.3. The molecule has 3 atom stereocenters. The highest BCUT2D eigenvalue weighted by molar-refractivity contribution is 6.07.